The van der Waals surface area contributed by atoms with Crippen molar-refractivity contribution in [3.63, 3.8) is 0 Å². The van der Waals surface area contributed by atoms with Gasteiger partial charge in [0.05, 0.1) is 12.2 Å². The quantitative estimate of drug-likeness (QED) is 0.421. The van der Waals surface area contributed by atoms with Gasteiger partial charge in [0.25, 0.3) is 0 Å². The van der Waals surface area contributed by atoms with Gasteiger partial charge >= 0.3 is 7.69 Å². The van der Waals surface area contributed by atoms with Crippen LogP contribution >= 0.6 is 0 Å². The van der Waals surface area contributed by atoms with Crippen molar-refractivity contribution in [2.45, 2.75) is 51.7 Å². The van der Waals surface area contributed by atoms with Crippen molar-refractivity contribution in [2.75, 3.05) is 13.2 Å². The first-order valence-electron chi connectivity index (χ1n) is 5.54. The van der Waals surface area contributed by atoms with Crippen molar-refractivity contribution >= 4 is 7.69 Å². The van der Waals surface area contributed by atoms with Crippen molar-refractivity contribution in [1.29, 1.82) is 0 Å². The average Bonchev–Trinajstić information content (AvgIpc) is 2.14. The molecule has 0 bridgehead atoms. The van der Waals surface area contributed by atoms with Crippen LogP contribution in [0, 0.1) is 0 Å². The lowest BCUT2D eigenvalue weighted by Crippen LogP contribution is -2.10. The van der Waals surface area contributed by atoms with Gasteiger partial charge in [-0.05, 0) is 39.5 Å². The molecule has 1 radical (unpaired) electrons. The number of aliphatic hydroxyl groups is 2. The third-order valence-corrected chi connectivity index (χ3v) is 1.90. The van der Waals surface area contributed by atoms with Gasteiger partial charge in [0.15, 0.2) is 0 Å². The lowest BCUT2D eigenvalue weighted by atomic mass is 10.2. The van der Waals surface area contributed by atoms with Crippen molar-refractivity contribution in [3.8, 4) is 0 Å². The molecule has 0 amide bonds. The summed E-state index contributed by atoms with van der Waals surface area (Å²) in [5.41, 5.74) is 0. The molecule has 0 aliphatic carbocycles. The van der Waals surface area contributed by atoms with Crippen LogP contribution in [0.25, 0.3) is 0 Å². The molecular weight excluding hydrogens is 195 g/mol. The third kappa shape index (κ3) is 13.9. The molecule has 2 N–H and O–H groups in total. The highest BCUT2D eigenvalue weighted by Crippen LogP contribution is 1.97. The third-order valence-electron chi connectivity index (χ3n) is 1.90. The molecule has 2 atom stereocenters. The second-order valence-corrected chi connectivity index (χ2v) is 3.82. The van der Waals surface area contributed by atoms with Gasteiger partial charge in [-0.25, -0.2) is 0 Å². The van der Waals surface area contributed by atoms with Crippen LogP contribution in [0.15, 0.2) is 0 Å². The highest BCUT2D eigenvalue weighted by Gasteiger charge is 1.99. The number of hydrogen-bond acceptors (Lipinski definition) is 4. The van der Waals surface area contributed by atoms with Crippen LogP contribution in [0.5, 0.6) is 0 Å². The van der Waals surface area contributed by atoms with E-state index in [0.717, 1.165) is 25.7 Å². The van der Waals surface area contributed by atoms with E-state index in [1.807, 2.05) is 0 Å². The summed E-state index contributed by atoms with van der Waals surface area (Å²) in [5, 5.41) is 17.9. The van der Waals surface area contributed by atoms with Crippen LogP contribution in [-0.2, 0) is 9.31 Å². The maximum Gasteiger partial charge on any atom is 0.487 e. The van der Waals surface area contributed by atoms with E-state index < -0.39 is 0 Å². The summed E-state index contributed by atoms with van der Waals surface area (Å²) in [4.78, 5) is 0. The largest absolute Gasteiger partial charge is 0.487 e. The van der Waals surface area contributed by atoms with Crippen LogP contribution in [0.2, 0.25) is 0 Å². The topological polar surface area (TPSA) is 58.9 Å². The molecular formula is C10H22BO4. The second-order valence-electron chi connectivity index (χ2n) is 3.82. The number of rotatable bonds is 10. The lowest BCUT2D eigenvalue weighted by molar-refractivity contribution is 0.153. The summed E-state index contributed by atoms with van der Waals surface area (Å²) < 4.78 is 10.1. The van der Waals surface area contributed by atoms with Gasteiger partial charge in [0.2, 0.25) is 0 Å². The Morgan fingerprint density at radius 2 is 1.33 bits per heavy atom. The van der Waals surface area contributed by atoms with Crippen molar-refractivity contribution in [1.82, 2.24) is 0 Å². The predicted octanol–water partition coefficient (Wildman–Crippen LogP) is 0.876. The summed E-state index contributed by atoms with van der Waals surface area (Å²) in [6.45, 7) is 4.66. The smallest absolute Gasteiger partial charge is 0.413 e. The summed E-state index contributed by atoms with van der Waals surface area (Å²) >= 11 is 0. The normalized spacial score (nSPS) is 14.9. The molecule has 2 unspecified atom stereocenters. The Bertz CT molecular complexity index is 117. The Labute approximate surface area is 92.9 Å². The Hall–Kier alpha value is -0.0951. The van der Waals surface area contributed by atoms with Crippen LogP contribution in [0.3, 0.4) is 0 Å². The molecule has 0 aliphatic heterocycles. The SMILES string of the molecule is CC(O)CCCO[B]OCCCC(C)O. The minimum absolute atomic E-state index is 0.263. The summed E-state index contributed by atoms with van der Waals surface area (Å²) in [6, 6.07) is 0. The zero-order chi connectivity index (χ0) is 11.5. The molecule has 15 heavy (non-hydrogen) atoms. The summed E-state index contributed by atoms with van der Waals surface area (Å²) in [5.74, 6) is 0. The maximum absolute atomic E-state index is 8.96. The van der Waals surface area contributed by atoms with Gasteiger partial charge < -0.3 is 19.5 Å². The van der Waals surface area contributed by atoms with Crippen LogP contribution in [0.1, 0.15) is 39.5 Å². The molecule has 0 heterocycles. The zero-order valence-corrected chi connectivity index (χ0v) is 9.69. The molecule has 0 saturated heterocycles. The number of aliphatic hydroxyl groups excluding tert-OH is 2. The molecule has 5 heteroatoms. The van der Waals surface area contributed by atoms with E-state index in [2.05, 4.69) is 0 Å². The maximum atomic E-state index is 8.96. The average molecular weight is 217 g/mol. The number of hydrogen-bond donors (Lipinski definition) is 2. The van der Waals surface area contributed by atoms with E-state index in [1.165, 1.54) is 7.69 Å². The fraction of sp³-hybridized carbons (Fsp3) is 1.00. The highest BCUT2D eigenvalue weighted by atomic mass is 16.6. The first-order chi connectivity index (χ1) is 7.13. The lowest BCUT2D eigenvalue weighted by Gasteiger charge is -2.06. The van der Waals surface area contributed by atoms with E-state index in [4.69, 9.17) is 19.5 Å². The minimum Gasteiger partial charge on any atom is -0.413 e. The predicted molar refractivity (Wildman–Crippen MR) is 59.5 cm³/mol. The Morgan fingerprint density at radius 3 is 1.67 bits per heavy atom. The molecule has 0 aromatic rings. The van der Waals surface area contributed by atoms with E-state index in [0.29, 0.717) is 13.2 Å². The van der Waals surface area contributed by atoms with E-state index in [9.17, 15) is 0 Å². The van der Waals surface area contributed by atoms with E-state index in [-0.39, 0.29) is 12.2 Å². The van der Waals surface area contributed by atoms with Gasteiger partial charge in [-0.3, -0.25) is 0 Å². The summed E-state index contributed by atoms with van der Waals surface area (Å²) in [7, 11) is 1.34. The van der Waals surface area contributed by atoms with Gasteiger partial charge in [0, 0.05) is 13.2 Å². The zero-order valence-electron chi connectivity index (χ0n) is 9.69. The van der Waals surface area contributed by atoms with E-state index in [1.54, 1.807) is 13.8 Å². The van der Waals surface area contributed by atoms with Crippen molar-refractivity contribution < 1.29 is 19.5 Å². The molecule has 0 rings (SSSR count). The van der Waals surface area contributed by atoms with E-state index >= 15 is 0 Å². The molecule has 0 spiro atoms. The fourth-order valence-electron chi connectivity index (χ4n) is 1.07. The molecule has 0 aromatic carbocycles. The van der Waals surface area contributed by atoms with Crippen LogP contribution in [-0.4, -0.2) is 43.3 Å². The van der Waals surface area contributed by atoms with Crippen molar-refractivity contribution in [3.05, 3.63) is 0 Å². The first-order valence-corrected chi connectivity index (χ1v) is 5.54. The van der Waals surface area contributed by atoms with Crippen LogP contribution in [0.4, 0.5) is 0 Å². The highest BCUT2D eigenvalue weighted by molar-refractivity contribution is 6.17. The molecule has 89 valence electrons. The molecule has 0 aromatic heterocycles. The molecule has 4 nitrogen and oxygen atoms in total. The fourth-order valence-corrected chi connectivity index (χ4v) is 1.07. The summed E-state index contributed by atoms with van der Waals surface area (Å²) in [6.07, 6.45) is 2.61. The molecule has 0 fully saturated rings. The standard InChI is InChI=1S/C10H22BO4/c1-9(12)5-3-7-14-11-15-8-4-6-10(2)13/h9-10,12-13H,3-8H2,1-2H3. The second kappa shape index (κ2) is 10.4. The van der Waals surface area contributed by atoms with Gasteiger partial charge in [-0.15, -0.1) is 0 Å². The molecule has 0 aliphatic rings. The minimum atomic E-state index is -0.263. The Morgan fingerprint density at radius 1 is 0.933 bits per heavy atom. The van der Waals surface area contributed by atoms with Crippen LogP contribution < -0.4 is 0 Å². The first kappa shape index (κ1) is 14.9. The van der Waals surface area contributed by atoms with Gasteiger partial charge in [0.1, 0.15) is 0 Å². The Kier molecular flexibility index (Phi) is 10.4. The Balaban J connectivity index is 2.93. The van der Waals surface area contributed by atoms with Gasteiger partial charge in [-0.2, -0.15) is 0 Å². The van der Waals surface area contributed by atoms with Gasteiger partial charge in [-0.1, -0.05) is 0 Å². The van der Waals surface area contributed by atoms with Crippen molar-refractivity contribution in [2.24, 2.45) is 0 Å². The molecule has 0 saturated carbocycles. The monoisotopic (exact) mass is 217 g/mol.